The van der Waals surface area contributed by atoms with Crippen LogP contribution in [0.15, 0.2) is 41.4 Å². The van der Waals surface area contributed by atoms with Crippen LogP contribution in [0.1, 0.15) is 59.7 Å². The predicted molar refractivity (Wildman–Crippen MR) is 115 cm³/mol. The lowest BCUT2D eigenvalue weighted by Crippen LogP contribution is -2.37. The Morgan fingerprint density at radius 2 is 1.54 bits per heavy atom. The molecule has 6 heteroatoms. The molecule has 5 nitrogen and oxygen atoms in total. The number of aromatic nitrogens is 2. The maximum atomic E-state index is 13.6. The Morgan fingerprint density at radius 3 is 2.00 bits per heavy atom. The molecule has 1 aromatic carbocycles. The number of benzene rings is 1. The summed E-state index contributed by atoms with van der Waals surface area (Å²) < 4.78 is 30.6. The lowest BCUT2D eigenvalue weighted by atomic mass is 9.92. The van der Waals surface area contributed by atoms with Crippen LogP contribution in [0.5, 0.6) is 0 Å². The summed E-state index contributed by atoms with van der Waals surface area (Å²) in [6.45, 7) is 15.8. The van der Waals surface area contributed by atoms with E-state index in [1.165, 1.54) is 0 Å². The molecule has 0 saturated carbocycles. The van der Waals surface area contributed by atoms with Crippen molar-refractivity contribution in [3.8, 4) is 0 Å². The van der Waals surface area contributed by atoms with Gasteiger partial charge in [-0.15, -0.1) is 0 Å². The average Bonchev–Trinajstić information content (AvgIpc) is 2.99. The van der Waals surface area contributed by atoms with Gasteiger partial charge in [-0.25, -0.2) is 8.42 Å². The Bertz CT molecular complexity index is 853. The van der Waals surface area contributed by atoms with Gasteiger partial charge in [0.25, 0.3) is 0 Å². The molecule has 0 fully saturated rings. The van der Waals surface area contributed by atoms with E-state index in [9.17, 15) is 8.42 Å². The second-order valence-corrected chi connectivity index (χ2v) is 11.3. The van der Waals surface area contributed by atoms with E-state index in [2.05, 4.69) is 0 Å². The fraction of sp³-hybridized carbons (Fsp3) is 0.591. The first-order valence-electron chi connectivity index (χ1n) is 10.0. The Balaban J connectivity index is 2.51. The summed E-state index contributed by atoms with van der Waals surface area (Å²) in [5.41, 5.74) is 1.35. The van der Waals surface area contributed by atoms with E-state index < -0.39 is 10.0 Å². The molecular formula is C22H35N3O2S. The van der Waals surface area contributed by atoms with Crippen molar-refractivity contribution < 1.29 is 8.42 Å². The van der Waals surface area contributed by atoms with Crippen LogP contribution >= 0.6 is 0 Å². The molecule has 0 radical (unpaired) electrons. The molecule has 1 aromatic heterocycles. The van der Waals surface area contributed by atoms with Gasteiger partial charge in [0.05, 0.1) is 12.2 Å². The summed E-state index contributed by atoms with van der Waals surface area (Å²) in [6.07, 6.45) is 1.70. The maximum Gasteiger partial charge on any atom is 0.246 e. The predicted octanol–water partition coefficient (Wildman–Crippen LogP) is 4.53. The third-order valence-electron chi connectivity index (χ3n) is 4.38. The van der Waals surface area contributed by atoms with E-state index in [4.69, 9.17) is 5.10 Å². The number of rotatable bonds is 8. The number of nitrogens with zero attached hydrogens (tertiary/aromatic N) is 3. The van der Waals surface area contributed by atoms with Crippen LogP contribution in [0.25, 0.3) is 0 Å². The fourth-order valence-corrected chi connectivity index (χ4v) is 5.30. The van der Waals surface area contributed by atoms with Crippen molar-refractivity contribution in [3.05, 3.63) is 47.8 Å². The molecule has 0 unspecified atom stereocenters. The van der Waals surface area contributed by atoms with Gasteiger partial charge in [0.2, 0.25) is 10.0 Å². The van der Waals surface area contributed by atoms with E-state index in [0.29, 0.717) is 30.2 Å². The molecule has 2 aromatic rings. The van der Waals surface area contributed by atoms with E-state index >= 15 is 0 Å². The molecule has 0 saturated heterocycles. The topological polar surface area (TPSA) is 55.2 Å². The molecular weight excluding hydrogens is 370 g/mol. The van der Waals surface area contributed by atoms with E-state index in [0.717, 1.165) is 5.56 Å². The third-order valence-corrected chi connectivity index (χ3v) is 6.21. The highest BCUT2D eigenvalue weighted by molar-refractivity contribution is 7.89. The number of hydrogen-bond donors (Lipinski definition) is 0. The Kier molecular flexibility index (Phi) is 7.10. The first-order chi connectivity index (χ1) is 12.9. The molecule has 28 heavy (non-hydrogen) atoms. The first kappa shape index (κ1) is 22.6. The zero-order chi connectivity index (χ0) is 21.1. The molecule has 0 amide bonds. The molecule has 0 spiro atoms. The van der Waals surface area contributed by atoms with Crippen molar-refractivity contribution in [2.24, 2.45) is 11.8 Å². The SMILES string of the molecule is CC(C)CN(CC(C)C)S(=O)(=O)c1cn(Cc2ccccc2)nc1C(C)(C)C. The molecule has 0 aliphatic rings. The highest BCUT2D eigenvalue weighted by atomic mass is 32.2. The third kappa shape index (κ3) is 5.67. The molecule has 0 bridgehead atoms. The minimum atomic E-state index is -3.63. The minimum absolute atomic E-state index is 0.256. The van der Waals surface area contributed by atoms with Crippen molar-refractivity contribution in [1.29, 1.82) is 0 Å². The average molecular weight is 406 g/mol. The molecule has 0 aliphatic carbocycles. The Morgan fingerprint density at radius 1 is 1.00 bits per heavy atom. The number of sulfonamides is 1. The first-order valence-corrected chi connectivity index (χ1v) is 11.5. The molecule has 0 N–H and O–H groups in total. The van der Waals surface area contributed by atoms with Gasteiger partial charge in [-0.2, -0.15) is 9.40 Å². The Hall–Kier alpha value is -1.66. The molecule has 0 aliphatic heterocycles. The van der Waals surface area contributed by atoms with Crippen LogP contribution in [0, 0.1) is 11.8 Å². The van der Waals surface area contributed by atoms with Gasteiger partial charge in [0.15, 0.2) is 0 Å². The van der Waals surface area contributed by atoms with Crippen LogP contribution in [0.3, 0.4) is 0 Å². The van der Waals surface area contributed by atoms with Crippen molar-refractivity contribution in [2.75, 3.05) is 13.1 Å². The standard InChI is InChI=1S/C22H35N3O2S/c1-17(2)13-25(14-18(3)4)28(26,27)20-16-24(23-21(20)22(5,6)7)15-19-11-9-8-10-12-19/h8-12,16-18H,13-15H2,1-7H3. The minimum Gasteiger partial charge on any atom is -0.267 e. The highest BCUT2D eigenvalue weighted by Gasteiger charge is 2.34. The lowest BCUT2D eigenvalue weighted by molar-refractivity contribution is 0.332. The van der Waals surface area contributed by atoms with Gasteiger partial charge in [-0.1, -0.05) is 78.8 Å². The highest BCUT2D eigenvalue weighted by Crippen LogP contribution is 2.30. The van der Waals surface area contributed by atoms with Crippen molar-refractivity contribution >= 4 is 10.0 Å². The molecule has 156 valence electrons. The summed E-state index contributed by atoms with van der Waals surface area (Å²) in [5, 5.41) is 4.69. The maximum absolute atomic E-state index is 13.6. The van der Waals surface area contributed by atoms with Gasteiger partial charge in [0.1, 0.15) is 4.90 Å². The zero-order valence-electron chi connectivity index (χ0n) is 18.3. The fourth-order valence-electron chi connectivity index (χ4n) is 3.19. The Labute approximate surface area is 170 Å². The summed E-state index contributed by atoms with van der Waals surface area (Å²) in [5.74, 6) is 0.511. The van der Waals surface area contributed by atoms with Crippen LogP contribution in [-0.4, -0.2) is 35.6 Å². The van der Waals surface area contributed by atoms with Gasteiger partial charge in [-0.05, 0) is 17.4 Å². The second-order valence-electron chi connectivity index (χ2n) is 9.38. The molecule has 1 heterocycles. The quantitative estimate of drug-likeness (QED) is 0.648. The van der Waals surface area contributed by atoms with Crippen LogP contribution in [-0.2, 0) is 22.0 Å². The summed E-state index contributed by atoms with van der Waals surface area (Å²) in [6, 6.07) is 9.98. The van der Waals surface area contributed by atoms with Crippen LogP contribution in [0.4, 0.5) is 0 Å². The van der Waals surface area contributed by atoms with Crippen molar-refractivity contribution in [3.63, 3.8) is 0 Å². The van der Waals surface area contributed by atoms with Crippen LogP contribution < -0.4 is 0 Å². The molecule has 0 atom stereocenters. The van der Waals surface area contributed by atoms with Crippen LogP contribution in [0.2, 0.25) is 0 Å². The van der Waals surface area contributed by atoms with Crippen molar-refractivity contribution in [1.82, 2.24) is 14.1 Å². The van der Waals surface area contributed by atoms with E-state index in [1.807, 2.05) is 78.8 Å². The summed E-state index contributed by atoms with van der Waals surface area (Å²) in [7, 11) is -3.63. The monoisotopic (exact) mass is 405 g/mol. The smallest absolute Gasteiger partial charge is 0.246 e. The normalized spacial score (nSPS) is 13.1. The second kappa shape index (κ2) is 8.78. The van der Waals surface area contributed by atoms with Gasteiger partial charge < -0.3 is 0 Å². The van der Waals surface area contributed by atoms with Gasteiger partial charge >= 0.3 is 0 Å². The summed E-state index contributed by atoms with van der Waals surface area (Å²) >= 11 is 0. The van der Waals surface area contributed by atoms with Crippen molar-refractivity contribution in [2.45, 2.75) is 65.3 Å². The van der Waals surface area contributed by atoms with E-state index in [-0.39, 0.29) is 17.3 Å². The van der Waals surface area contributed by atoms with Gasteiger partial charge in [-0.3, -0.25) is 4.68 Å². The van der Waals surface area contributed by atoms with E-state index in [1.54, 1.807) is 15.2 Å². The largest absolute Gasteiger partial charge is 0.267 e. The summed E-state index contributed by atoms with van der Waals surface area (Å²) in [4.78, 5) is 0.331. The molecule has 2 rings (SSSR count). The zero-order valence-corrected chi connectivity index (χ0v) is 19.1. The lowest BCUT2D eigenvalue weighted by Gasteiger charge is -2.27. The number of hydrogen-bond acceptors (Lipinski definition) is 3. The van der Waals surface area contributed by atoms with Gasteiger partial charge in [0, 0.05) is 24.7 Å².